The number of rotatable bonds is 2. The second-order valence-corrected chi connectivity index (χ2v) is 5.13. The van der Waals surface area contributed by atoms with Gasteiger partial charge in [-0.2, -0.15) is 0 Å². The lowest BCUT2D eigenvalue weighted by molar-refractivity contribution is 0.520. The molecule has 0 aromatic carbocycles. The van der Waals surface area contributed by atoms with Crippen LogP contribution in [0.25, 0.3) is 0 Å². The molecular weight excluding hydrogens is 176 g/mol. The van der Waals surface area contributed by atoms with Crippen LogP contribution in [0, 0.1) is 0 Å². The standard InChI is InChI=1S/C7H12N2O2S/c1-6-7(4-5-8-6)12(10,11)9(2)3/h4-5,7H,1-3H3. The Morgan fingerprint density at radius 3 is 2.42 bits per heavy atom. The van der Waals surface area contributed by atoms with E-state index in [1.165, 1.54) is 24.6 Å². The molecular formula is C7H12N2O2S. The van der Waals surface area contributed by atoms with E-state index in [4.69, 9.17) is 0 Å². The molecule has 0 N–H and O–H groups in total. The minimum atomic E-state index is -3.21. The summed E-state index contributed by atoms with van der Waals surface area (Å²) in [6.07, 6.45) is 3.12. The van der Waals surface area contributed by atoms with Gasteiger partial charge in [0, 0.05) is 26.0 Å². The molecule has 0 aliphatic carbocycles. The fourth-order valence-electron chi connectivity index (χ4n) is 0.993. The third kappa shape index (κ3) is 1.42. The topological polar surface area (TPSA) is 49.7 Å². The Kier molecular flexibility index (Phi) is 2.34. The van der Waals surface area contributed by atoms with E-state index in [0.29, 0.717) is 5.71 Å². The first kappa shape index (κ1) is 9.41. The molecule has 5 heteroatoms. The second kappa shape index (κ2) is 2.99. The molecule has 1 unspecified atom stereocenters. The van der Waals surface area contributed by atoms with Crippen LogP contribution in [-0.2, 0) is 10.0 Å². The molecule has 0 bridgehead atoms. The Morgan fingerprint density at radius 1 is 1.50 bits per heavy atom. The Balaban J connectivity index is 3.00. The van der Waals surface area contributed by atoms with Gasteiger partial charge in [-0.05, 0) is 13.0 Å². The molecule has 4 nitrogen and oxygen atoms in total. The quantitative estimate of drug-likeness (QED) is 0.623. The van der Waals surface area contributed by atoms with E-state index < -0.39 is 15.3 Å². The van der Waals surface area contributed by atoms with Crippen molar-refractivity contribution in [2.24, 2.45) is 4.99 Å². The van der Waals surface area contributed by atoms with Gasteiger partial charge in [0.25, 0.3) is 0 Å². The van der Waals surface area contributed by atoms with Crippen molar-refractivity contribution < 1.29 is 8.42 Å². The maximum atomic E-state index is 11.5. The Morgan fingerprint density at radius 2 is 2.08 bits per heavy atom. The van der Waals surface area contributed by atoms with Gasteiger partial charge in [0.15, 0.2) is 0 Å². The lowest BCUT2D eigenvalue weighted by atomic mass is 10.3. The van der Waals surface area contributed by atoms with E-state index >= 15 is 0 Å². The van der Waals surface area contributed by atoms with E-state index in [2.05, 4.69) is 4.99 Å². The summed E-state index contributed by atoms with van der Waals surface area (Å²) in [5, 5.41) is -0.563. The van der Waals surface area contributed by atoms with Gasteiger partial charge < -0.3 is 0 Å². The van der Waals surface area contributed by atoms with Gasteiger partial charge in [-0.3, -0.25) is 4.99 Å². The van der Waals surface area contributed by atoms with E-state index in [9.17, 15) is 8.42 Å². The van der Waals surface area contributed by atoms with Crippen LogP contribution >= 0.6 is 0 Å². The van der Waals surface area contributed by atoms with Crippen molar-refractivity contribution in [1.82, 2.24) is 4.31 Å². The number of hydrogen-bond donors (Lipinski definition) is 0. The Hall–Kier alpha value is -0.680. The minimum Gasteiger partial charge on any atom is -0.264 e. The van der Waals surface area contributed by atoms with Crippen LogP contribution in [0.15, 0.2) is 17.3 Å². The zero-order valence-corrected chi connectivity index (χ0v) is 8.17. The highest BCUT2D eigenvalue weighted by Gasteiger charge is 2.29. The first-order valence-corrected chi connectivity index (χ1v) is 5.09. The molecule has 0 saturated heterocycles. The lowest BCUT2D eigenvalue weighted by Gasteiger charge is -2.15. The smallest absolute Gasteiger partial charge is 0.225 e. The minimum absolute atomic E-state index is 0.563. The van der Waals surface area contributed by atoms with E-state index in [-0.39, 0.29) is 0 Å². The summed E-state index contributed by atoms with van der Waals surface area (Å²) >= 11 is 0. The van der Waals surface area contributed by atoms with Crippen LogP contribution in [0.5, 0.6) is 0 Å². The molecule has 1 aliphatic rings. The van der Waals surface area contributed by atoms with Gasteiger partial charge in [-0.15, -0.1) is 0 Å². The average Bonchev–Trinajstić information content (AvgIpc) is 2.35. The molecule has 0 aromatic heterocycles. The maximum Gasteiger partial charge on any atom is 0.225 e. The zero-order valence-electron chi connectivity index (χ0n) is 7.35. The summed E-state index contributed by atoms with van der Waals surface area (Å²) in [6, 6.07) is 0. The number of nitrogens with zero attached hydrogens (tertiary/aromatic N) is 2. The molecule has 68 valence electrons. The van der Waals surface area contributed by atoms with Crippen LogP contribution in [0.1, 0.15) is 6.92 Å². The molecule has 0 saturated carbocycles. The van der Waals surface area contributed by atoms with Crippen molar-refractivity contribution in [3.63, 3.8) is 0 Å². The van der Waals surface area contributed by atoms with Gasteiger partial charge in [-0.25, -0.2) is 12.7 Å². The van der Waals surface area contributed by atoms with Crippen LogP contribution in [0.2, 0.25) is 0 Å². The van der Waals surface area contributed by atoms with Crippen molar-refractivity contribution in [3.05, 3.63) is 12.3 Å². The molecule has 0 radical (unpaired) electrons. The largest absolute Gasteiger partial charge is 0.264 e. The molecule has 1 rings (SSSR count). The highest BCUT2D eigenvalue weighted by molar-refractivity contribution is 7.90. The zero-order chi connectivity index (χ0) is 9.35. The highest BCUT2D eigenvalue weighted by Crippen LogP contribution is 2.13. The highest BCUT2D eigenvalue weighted by atomic mass is 32.2. The lowest BCUT2D eigenvalue weighted by Crippen LogP contribution is -2.35. The van der Waals surface area contributed by atoms with Gasteiger partial charge in [0.2, 0.25) is 10.0 Å². The summed E-state index contributed by atoms with van der Waals surface area (Å²) in [6.45, 7) is 1.71. The Labute approximate surface area is 72.6 Å². The molecule has 12 heavy (non-hydrogen) atoms. The molecule has 0 amide bonds. The molecule has 0 fully saturated rings. The van der Waals surface area contributed by atoms with Gasteiger partial charge in [-0.1, -0.05) is 0 Å². The van der Waals surface area contributed by atoms with Crippen molar-refractivity contribution in [1.29, 1.82) is 0 Å². The third-order valence-corrected chi connectivity index (χ3v) is 3.94. The monoisotopic (exact) mass is 188 g/mol. The van der Waals surface area contributed by atoms with E-state index in [0.717, 1.165) is 0 Å². The van der Waals surface area contributed by atoms with Crippen molar-refractivity contribution in [2.45, 2.75) is 12.2 Å². The summed E-state index contributed by atoms with van der Waals surface area (Å²) in [5.41, 5.74) is 0.628. The van der Waals surface area contributed by atoms with Gasteiger partial charge in [0.05, 0.1) is 0 Å². The molecule has 1 aliphatic heterocycles. The summed E-state index contributed by atoms with van der Waals surface area (Å²) in [4.78, 5) is 3.90. The molecule has 0 spiro atoms. The normalized spacial score (nSPS) is 23.3. The first-order valence-electron chi connectivity index (χ1n) is 3.58. The van der Waals surface area contributed by atoms with Crippen molar-refractivity contribution in [3.8, 4) is 0 Å². The predicted octanol–water partition coefficient (Wildman–Crippen LogP) is 0.235. The fraction of sp³-hybridized carbons (Fsp3) is 0.571. The molecule has 0 aromatic rings. The number of aliphatic imine (C=N–C) groups is 1. The van der Waals surface area contributed by atoms with Crippen LogP contribution in [0.4, 0.5) is 0 Å². The Bertz CT molecular complexity index is 327. The maximum absolute atomic E-state index is 11.5. The third-order valence-electron chi connectivity index (χ3n) is 1.78. The average molecular weight is 188 g/mol. The molecule has 1 atom stereocenters. The number of hydrogen-bond acceptors (Lipinski definition) is 3. The molecule has 1 heterocycles. The van der Waals surface area contributed by atoms with Crippen molar-refractivity contribution >= 4 is 15.7 Å². The SMILES string of the molecule is CC1=NC=CC1S(=O)(=O)N(C)C. The predicted molar refractivity (Wildman–Crippen MR) is 48.6 cm³/mol. The fourth-order valence-corrected chi connectivity index (χ4v) is 2.21. The first-order chi connectivity index (χ1) is 5.46. The van der Waals surface area contributed by atoms with Crippen LogP contribution in [-0.4, -0.2) is 37.8 Å². The van der Waals surface area contributed by atoms with E-state index in [1.54, 1.807) is 13.0 Å². The van der Waals surface area contributed by atoms with Gasteiger partial charge >= 0.3 is 0 Å². The summed E-state index contributed by atoms with van der Waals surface area (Å²) < 4.78 is 24.3. The van der Waals surface area contributed by atoms with E-state index in [1.807, 2.05) is 0 Å². The number of sulfonamides is 1. The van der Waals surface area contributed by atoms with Crippen LogP contribution in [0.3, 0.4) is 0 Å². The van der Waals surface area contributed by atoms with Gasteiger partial charge in [0.1, 0.15) is 5.25 Å². The summed E-state index contributed by atoms with van der Waals surface area (Å²) in [7, 11) is -0.165. The second-order valence-electron chi connectivity index (χ2n) is 2.86. The van der Waals surface area contributed by atoms with Crippen molar-refractivity contribution in [2.75, 3.05) is 14.1 Å². The summed E-state index contributed by atoms with van der Waals surface area (Å²) in [5.74, 6) is 0. The van der Waals surface area contributed by atoms with Crippen LogP contribution < -0.4 is 0 Å².